The van der Waals surface area contributed by atoms with Crippen molar-refractivity contribution < 1.29 is 12.9 Å². The summed E-state index contributed by atoms with van der Waals surface area (Å²) in [5.41, 5.74) is 0.658. The Kier molecular flexibility index (Phi) is 4.48. The van der Waals surface area contributed by atoms with E-state index >= 15 is 0 Å². The lowest BCUT2D eigenvalue weighted by atomic mass is 9.91. The van der Waals surface area contributed by atoms with E-state index in [1.54, 1.807) is 6.92 Å². The molecule has 0 unspecified atom stereocenters. The van der Waals surface area contributed by atoms with Crippen LogP contribution in [0.4, 0.5) is 0 Å². The zero-order chi connectivity index (χ0) is 13.2. The van der Waals surface area contributed by atoms with Gasteiger partial charge in [0.05, 0.1) is 11.5 Å². The first-order valence-electron chi connectivity index (χ1n) is 6.29. The van der Waals surface area contributed by atoms with Crippen LogP contribution in [0.15, 0.2) is 9.13 Å². The van der Waals surface area contributed by atoms with Crippen LogP contribution in [-0.2, 0) is 15.6 Å². The molecule has 0 radical (unpaired) electrons. The van der Waals surface area contributed by atoms with Crippen LogP contribution in [0.1, 0.15) is 43.4 Å². The predicted molar refractivity (Wildman–Crippen MR) is 73.0 cm³/mol. The maximum absolute atomic E-state index is 12.2. The van der Waals surface area contributed by atoms with E-state index < -0.39 is 9.84 Å². The van der Waals surface area contributed by atoms with Crippen molar-refractivity contribution in [2.75, 3.05) is 5.75 Å². The van der Waals surface area contributed by atoms with E-state index in [0.29, 0.717) is 27.6 Å². The van der Waals surface area contributed by atoms with E-state index in [9.17, 15) is 8.42 Å². The van der Waals surface area contributed by atoms with E-state index in [-0.39, 0.29) is 5.75 Å². The molecule has 2 rings (SSSR count). The lowest BCUT2D eigenvalue weighted by molar-refractivity contribution is 0.384. The number of hydrogen-bond donors (Lipinski definition) is 0. The van der Waals surface area contributed by atoms with Gasteiger partial charge in [0, 0.05) is 5.56 Å². The van der Waals surface area contributed by atoms with Gasteiger partial charge in [0.25, 0.3) is 0 Å². The fraction of sp³-hybridized carbons (Fsp3) is 0.750. The van der Waals surface area contributed by atoms with Crippen molar-refractivity contribution in [2.45, 2.75) is 44.8 Å². The Hall–Kier alpha value is -0.360. The van der Waals surface area contributed by atoms with Crippen molar-refractivity contribution in [2.24, 2.45) is 5.92 Å². The summed E-state index contributed by atoms with van der Waals surface area (Å²) in [4.78, 5) is 0. The zero-order valence-electron chi connectivity index (χ0n) is 10.5. The maximum Gasteiger partial charge on any atom is 0.154 e. The Morgan fingerprint density at radius 1 is 1.33 bits per heavy atom. The van der Waals surface area contributed by atoms with Gasteiger partial charge >= 0.3 is 0 Å². The van der Waals surface area contributed by atoms with Crippen LogP contribution in [0.5, 0.6) is 0 Å². The minimum absolute atomic E-state index is 0.0272. The monoisotopic (exact) mass is 335 g/mol. The van der Waals surface area contributed by atoms with Crippen LogP contribution < -0.4 is 0 Å². The summed E-state index contributed by atoms with van der Waals surface area (Å²) in [5, 5.41) is 3.72. The van der Waals surface area contributed by atoms with E-state index in [1.807, 2.05) is 0 Å². The molecule has 102 valence electrons. The van der Waals surface area contributed by atoms with Crippen molar-refractivity contribution in [3.05, 3.63) is 15.9 Å². The van der Waals surface area contributed by atoms with Crippen molar-refractivity contribution in [3.63, 3.8) is 0 Å². The first-order chi connectivity index (χ1) is 8.48. The quantitative estimate of drug-likeness (QED) is 0.847. The molecule has 0 spiro atoms. The molecule has 1 fully saturated rings. The summed E-state index contributed by atoms with van der Waals surface area (Å²) in [6.45, 7) is 1.74. The second kappa shape index (κ2) is 5.74. The topological polar surface area (TPSA) is 60.2 Å². The molecule has 0 N–H and O–H groups in total. The number of sulfone groups is 1. The van der Waals surface area contributed by atoms with Gasteiger partial charge in [0.2, 0.25) is 0 Å². The minimum atomic E-state index is -3.08. The zero-order valence-corrected chi connectivity index (χ0v) is 12.9. The highest BCUT2D eigenvalue weighted by Crippen LogP contribution is 2.27. The highest BCUT2D eigenvalue weighted by Gasteiger charge is 2.24. The van der Waals surface area contributed by atoms with Crippen molar-refractivity contribution >= 4 is 25.8 Å². The molecule has 1 aliphatic rings. The van der Waals surface area contributed by atoms with Gasteiger partial charge in [-0.15, -0.1) is 0 Å². The van der Waals surface area contributed by atoms with Gasteiger partial charge in [-0.1, -0.05) is 24.4 Å². The molecule has 18 heavy (non-hydrogen) atoms. The van der Waals surface area contributed by atoms with Gasteiger partial charge in [-0.2, -0.15) is 0 Å². The second-order valence-electron chi connectivity index (χ2n) is 5.07. The van der Waals surface area contributed by atoms with Gasteiger partial charge in [-0.05, 0) is 41.6 Å². The molecule has 0 amide bonds. The van der Waals surface area contributed by atoms with Crippen molar-refractivity contribution in [1.82, 2.24) is 5.16 Å². The van der Waals surface area contributed by atoms with Gasteiger partial charge in [0.15, 0.2) is 14.4 Å². The SMILES string of the molecule is Cc1onc(Br)c1CS(=O)(=O)CC1CCCCC1. The number of nitrogens with zero attached hydrogens (tertiary/aromatic N) is 1. The lowest BCUT2D eigenvalue weighted by Crippen LogP contribution is -2.20. The summed E-state index contributed by atoms with van der Waals surface area (Å²) < 4.78 is 29.8. The smallest absolute Gasteiger partial charge is 0.154 e. The fourth-order valence-electron chi connectivity index (χ4n) is 2.52. The highest BCUT2D eigenvalue weighted by atomic mass is 79.9. The molecule has 6 heteroatoms. The third kappa shape index (κ3) is 3.57. The van der Waals surface area contributed by atoms with Gasteiger partial charge in [-0.3, -0.25) is 0 Å². The number of aromatic nitrogens is 1. The number of hydrogen-bond acceptors (Lipinski definition) is 4. The maximum atomic E-state index is 12.2. The molecule has 0 saturated heterocycles. The van der Waals surface area contributed by atoms with Crippen LogP contribution in [0.3, 0.4) is 0 Å². The van der Waals surface area contributed by atoms with Crippen molar-refractivity contribution in [1.29, 1.82) is 0 Å². The molecule has 0 aliphatic heterocycles. The van der Waals surface area contributed by atoms with Crippen LogP contribution in [-0.4, -0.2) is 19.3 Å². The van der Waals surface area contributed by atoms with E-state index in [4.69, 9.17) is 4.52 Å². The summed E-state index contributed by atoms with van der Waals surface area (Å²) >= 11 is 3.23. The van der Waals surface area contributed by atoms with E-state index in [0.717, 1.165) is 25.7 Å². The van der Waals surface area contributed by atoms with Gasteiger partial charge < -0.3 is 4.52 Å². The Balaban J connectivity index is 2.03. The third-order valence-electron chi connectivity index (χ3n) is 3.52. The molecule has 1 aromatic heterocycles. The first-order valence-corrected chi connectivity index (χ1v) is 8.90. The average Bonchev–Trinajstić information content (AvgIpc) is 2.61. The number of aryl methyl sites for hydroxylation is 1. The minimum Gasteiger partial charge on any atom is -0.360 e. The molecular formula is C12H18BrNO3S. The molecule has 1 heterocycles. The van der Waals surface area contributed by atoms with E-state index in [2.05, 4.69) is 21.1 Å². The summed E-state index contributed by atoms with van der Waals surface area (Å²) in [6.07, 6.45) is 5.66. The van der Waals surface area contributed by atoms with Crippen LogP contribution in [0.2, 0.25) is 0 Å². The van der Waals surface area contributed by atoms with Crippen LogP contribution in [0.25, 0.3) is 0 Å². The number of halogens is 1. The van der Waals surface area contributed by atoms with Gasteiger partial charge in [0.1, 0.15) is 5.76 Å². The Bertz CT molecular complexity index is 484. The molecular weight excluding hydrogens is 318 g/mol. The Morgan fingerprint density at radius 2 is 2.00 bits per heavy atom. The second-order valence-corrected chi connectivity index (χ2v) is 7.93. The molecule has 4 nitrogen and oxygen atoms in total. The summed E-state index contributed by atoms with van der Waals surface area (Å²) in [6, 6.07) is 0. The van der Waals surface area contributed by atoms with Gasteiger partial charge in [-0.25, -0.2) is 8.42 Å². The highest BCUT2D eigenvalue weighted by molar-refractivity contribution is 9.10. The molecule has 1 aliphatic carbocycles. The summed E-state index contributed by atoms with van der Waals surface area (Å²) in [7, 11) is -3.08. The van der Waals surface area contributed by atoms with Crippen LogP contribution >= 0.6 is 15.9 Å². The normalized spacial score (nSPS) is 18.1. The number of rotatable bonds is 4. The fourth-order valence-corrected chi connectivity index (χ4v) is 5.14. The molecule has 0 atom stereocenters. The van der Waals surface area contributed by atoms with Crippen molar-refractivity contribution in [3.8, 4) is 0 Å². The largest absolute Gasteiger partial charge is 0.360 e. The molecule has 0 aromatic carbocycles. The Labute approximate surface area is 116 Å². The standard InChI is InChI=1S/C12H18BrNO3S/c1-9-11(12(13)14-17-9)8-18(15,16)7-10-5-3-2-4-6-10/h10H,2-8H2,1H3. The first kappa shape index (κ1) is 14.1. The summed E-state index contributed by atoms with van der Waals surface area (Å²) in [5.74, 6) is 1.24. The molecule has 0 bridgehead atoms. The average molecular weight is 336 g/mol. The Morgan fingerprint density at radius 3 is 2.56 bits per heavy atom. The molecule has 1 saturated carbocycles. The molecule has 1 aromatic rings. The lowest BCUT2D eigenvalue weighted by Gasteiger charge is -2.21. The predicted octanol–water partition coefficient (Wildman–Crippen LogP) is 3.24. The third-order valence-corrected chi connectivity index (χ3v) is 5.85. The van der Waals surface area contributed by atoms with Crippen LogP contribution in [0, 0.1) is 12.8 Å². The van der Waals surface area contributed by atoms with E-state index in [1.165, 1.54) is 6.42 Å².